The molecule has 0 radical (unpaired) electrons. The van der Waals surface area contributed by atoms with E-state index in [1.54, 1.807) is 6.26 Å². The Morgan fingerprint density at radius 3 is 2.28 bits per heavy atom. The number of anilines is 2. The third-order valence-electron chi connectivity index (χ3n) is 10.8. The van der Waals surface area contributed by atoms with Gasteiger partial charge in [0.1, 0.15) is 11.9 Å². The SMILES string of the molecule is Cc1cc(C2CCCCC2)ccc1-c1cc2cnc(Nc3ccc(C4CCCN(C)C4)cc3)nc2n(C2CCN([S+](C)[O-])CC2)c1=O. The highest BCUT2D eigenvalue weighted by molar-refractivity contribution is 7.88. The maximum Gasteiger partial charge on any atom is 0.260 e. The molecule has 2 aromatic carbocycles. The van der Waals surface area contributed by atoms with Gasteiger partial charge >= 0.3 is 0 Å². The van der Waals surface area contributed by atoms with Crippen molar-refractivity contribution in [3.63, 3.8) is 0 Å². The predicted octanol–water partition coefficient (Wildman–Crippen LogP) is 7.30. The first kappa shape index (κ1) is 32.3. The summed E-state index contributed by atoms with van der Waals surface area (Å²) in [5.74, 6) is 1.65. The van der Waals surface area contributed by atoms with E-state index in [0.29, 0.717) is 42.1 Å². The molecule has 4 aromatic rings. The fourth-order valence-corrected chi connectivity index (χ4v) is 8.88. The molecule has 4 heterocycles. The van der Waals surface area contributed by atoms with Crippen LogP contribution in [0.1, 0.15) is 92.4 Å². The molecule has 2 saturated heterocycles. The van der Waals surface area contributed by atoms with Crippen LogP contribution in [0.2, 0.25) is 0 Å². The highest BCUT2D eigenvalue weighted by Gasteiger charge is 2.29. The summed E-state index contributed by atoms with van der Waals surface area (Å²) in [6, 6.07) is 17.3. The summed E-state index contributed by atoms with van der Waals surface area (Å²) in [6.45, 7) is 5.76. The van der Waals surface area contributed by atoms with Gasteiger partial charge in [0.25, 0.3) is 5.56 Å². The van der Waals surface area contributed by atoms with E-state index in [-0.39, 0.29) is 11.6 Å². The zero-order valence-corrected chi connectivity index (χ0v) is 28.9. The minimum Gasteiger partial charge on any atom is -0.598 e. The number of aromatic nitrogens is 3. The van der Waals surface area contributed by atoms with E-state index < -0.39 is 11.4 Å². The molecule has 0 amide bonds. The molecule has 2 aromatic heterocycles. The maximum atomic E-state index is 14.5. The van der Waals surface area contributed by atoms with Crippen LogP contribution in [0.4, 0.5) is 11.6 Å². The number of rotatable bonds is 7. The molecule has 0 bridgehead atoms. The Morgan fingerprint density at radius 1 is 0.851 bits per heavy atom. The third-order valence-corrected chi connectivity index (χ3v) is 11.9. The molecule has 3 aliphatic rings. The summed E-state index contributed by atoms with van der Waals surface area (Å²) in [7, 11) is 2.20. The van der Waals surface area contributed by atoms with Crippen molar-refractivity contribution in [1.82, 2.24) is 23.7 Å². The molecule has 3 fully saturated rings. The third kappa shape index (κ3) is 7.00. The predicted molar refractivity (Wildman–Crippen MR) is 193 cm³/mol. The van der Waals surface area contributed by atoms with Crippen LogP contribution in [0.3, 0.4) is 0 Å². The lowest BCUT2D eigenvalue weighted by molar-refractivity contribution is 0.251. The summed E-state index contributed by atoms with van der Waals surface area (Å²) in [5, 5.41) is 4.25. The molecule has 2 unspecified atom stereocenters. The van der Waals surface area contributed by atoms with Crippen LogP contribution in [0.25, 0.3) is 22.2 Å². The van der Waals surface area contributed by atoms with Crippen molar-refractivity contribution in [1.29, 1.82) is 0 Å². The normalized spacial score (nSPS) is 21.2. The van der Waals surface area contributed by atoms with Gasteiger partial charge in [-0.05, 0) is 111 Å². The van der Waals surface area contributed by atoms with Crippen molar-refractivity contribution in [3.8, 4) is 11.1 Å². The summed E-state index contributed by atoms with van der Waals surface area (Å²) in [4.78, 5) is 26.6. The average Bonchev–Trinajstić information content (AvgIpc) is 3.09. The fraction of sp³-hybridized carbons (Fsp3) is 0.500. The minimum atomic E-state index is -1.02. The first-order valence-corrected chi connectivity index (χ1v) is 19.0. The van der Waals surface area contributed by atoms with E-state index in [1.807, 2.05) is 21.1 Å². The molecule has 2 aliphatic heterocycles. The number of nitrogens with zero attached hydrogens (tertiary/aromatic N) is 5. The smallest absolute Gasteiger partial charge is 0.260 e. The topological polar surface area (TPSA) is 89.3 Å². The van der Waals surface area contributed by atoms with Crippen molar-refractivity contribution < 1.29 is 4.55 Å². The van der Waals surface area contributed by atoms with Crippen molar-refractivity contribution in [3.05, 3.63) is 81.8 Å². The Morgan fingerprint density at radius 2 is 1.57 bits per heavy atom. The van der Waals surface area contributed by atoms with Crippen LogP contribution in [0, 0.1) is 6.92 Å². The van der Waals surface area contributed by atoms with E-state index in [1.165, 1.54) is 62.6 Å². The maximum absolute atomic E-state index is 14.5. The molecule has 248 valence electrons. The van der Waals surface area contributed by atoms with Crippen LogP contribution in [-0.4, -0.2) is 67.8 Å². The summed E-state index contributed by atoms with van der Waals surface area (Å²) >= 11 is -1.02. The van der Waals surface area contributed by atoms with Gasteiger partial charge in [-0.25, -0.2) is 4.98 Å². The number of likely N-dealkylation sites (N-methyl/N-ethyl adjacent to an activating group) is 1. The number of pyridine rings is 1. The largest absolute Gasteiger partial charge is 0.598 e. The first-order chi connectivity index (χ1) is 22.8. The van der Waals surface area contributed by atoms with Gasteiger partial charge in [0.2, 0.25) is 5.95 Å². The van der Waals surface area contributed by atoms with Gasteiger partial charge in [-0.3, -0.25) is 9.36 Å². The second kappa shape index (κ2) is 14.1. The Bertz CT molecular complexity index is 1760. The van der Waals surface area contributed by atoms with E-state index >= 15 is 0 Å². The lowest BCUT2D eigenvalue weighted by Crippen LogP contribution is -2.40. The van der Waals surface area contributed by atoms with Crippen molar-refractivity contribution in [2.75, 3.05) is 44.8 Å². The van der Waals surface area contributed by atoms with Crippen LogP contribution < -0.4 is 10.9 Å². The molecule has 2 atom stereocenters. The van der Waals surface area contributed by atoms with Crippen LogP contribution in [0.15, 0.2) is 59.5 Å². The molecule has 1 aliphatic carbocycles. The number of hydrogen-bond acceptors (Lipinski definition) is 7. The highest BCUT2D eigenvalue weighted by atomic mass is 32.2. The molecule has 7 rings (SSSR count). The lowest BCUT2D eigenvalue weighted by Gasteiger charge is -2.32. The standard InChI is InChI=1S/C38H48N6O2S/c1-26-22-29(27-8-5-4-6-9-27)13-16-34(26)35-23-31-24-39-38(40-32-14-11-28(12-15-32)30-10-7-19-42(2)25-30)41-36(31)44(37(35)45)33-17-20-43(21-18-33)47(3)46/h11-16,22-24,27,30,33H,4-10,17-21,25H2,1-3H3,(H,39,40,41). The quantitative estimate of drug-likeness (QED) is 0.210. The van der Waals surface area contributed by atoms with Gasteiger partial charge in [0.15, 0.2) is 0 Å². The summed E-state index contributed by atoms with van der Waals surface area (Å²) < 4.78 is 16.1. The number of likely N-dealkylation sites (tertiary alicyclic amines) is 1. The van der Waals surface area contributed by atoms with Crippen molar-refractivity contribution in [2.24, 2.45) is 0 Å². The van der Waals surface area contributed by atoms with Crippen LogP contribution in [0.5, 0.6) is 0 Å². The second-order valence-corrected chi connectivity index (χ2v) is 15.4. The van der Waals surface area contributed by atoms with E-state index in [0.717, 1.165) is 41.6 Å². The fourth-order valence-electron chi connectivity index (χ4n) is 8.15. The molecule has 47 heavy (non-hydrogen) atoms. The number of hydrogen-bond donors (Lipinski definition) is 1. The Labute approximate surface area is 281 Å². The Hall–Kier alpha value is -3.24. The Kier molecular flexibility index (Phi) is 9.68. The van der Waals surface area contributed by atoms with E-state index in [4.69, 9.17) is 9.97 Å². The molecule has 8 nitrogen and oxygen atoms in total. The molecular formula is C38H48N6O2S. The molecular weight excluding hydrogens is 605 g/mol. The van der Waals surface area contributed by atoms with Crippen molar-refractivity contribution >= 4 is 34.0 Å². The second-order valence-electron chi connectivity index (χ2n) is 14.0. The number of fused-ring (bicyclic) bond motifs is 1. The summed E-state index contributed by atoms with van der Waals surface area (Å²) in [5.41, 5.74) is 7.11. The lowest BCUT2D eigenvalue weighted by atomic mass is 9.83. The van der Waals surface area contributed by atoms with E-state index in [2.05, 4.69) is 66.7 Å². The van der Waals surface area contributed by atoms with Gasteiger partial charge in [-0.2, -0.15) is 4.98 Å². The molecule has 1 N–H and O–H groups in total. The van der Waals surface area contributed by atoms with Crippen LogP contribution in [-0.2, 0) is 11.4 Å². The van der Waals surface area contributed by atoms with Crippen LogP contribution >= 0.6 is 0 Å². The zero-order chi connectivity index (χ0) is 32.5. The van der Waals surface area contributed by atoms with Crippen molar-refractivity contribution in [2.45, 2.75) is 82.6 Å². The van der Waals surface area contributed by atoms with Gasteiger partial charge in [-0.15, -0.1) is 4.31 Å². The number of benzene rings is 2. The minimum absolute atomic E-state index is 0.0199. The summed E-state index contributed by atoms with van der Waals surface area (Å²) in [6.07, 6.45) is 13.9. The average molecular weight is 653 g/mol. The number of piperidine rings is 2. The molecule has 0 spiro atoms. The zero-order valence-electron chi connectivity index (χ0n) is 28.1. The van der Waals surface area contributed by atoms with Gasteiger partial charge in [0.05, 0.1) is 0 Å². The Balaban J connectivity index is 1.22. The van der Waals surface area contributed by atoms with E-state index in [9.17, 15) is 9.35 Å². The van der Waals surface area contributed by atoms with Gasteiger partial charge in [-0.1, -0.05) is 49.6 Å². The number of nitrogens with one attached hydrogen (secondary N) is 1. The van der Waals surface area contributed by atoms with Gasteiger partial charge < -0.3 is 14.8 Å². The number of aryl methyl sites for hydroxylation is 1. The molecule has 1 saturated carbocycles. The first-order valence-electron chi connectivity index (χ1n) is 17.5. The molecule has 9 heteroatoms. The highest BCUT2D eigenvalue weighted by Crippen LogP contribution is 2.36. The van der Waals surface area contributed by atoms with Gasteiger partial charge in [0, 0.05) is 59.9 Å². The monoisotopic (exact) mass is 652 g/mol.